The molecule has 5 heteroatoms. The van der Waals surface area contributed by atoms with E-state index in [2.05, 4.69) is 21.9 Å². The van der Waals surface area contributed by atoms with Crippen LogP contribution in [-0.4, -0.2) is 15.9 Å². The maximum absolute atomic E-state index is 11.9. The number of fused-ring (bicyclic) bond motifs is 1. The molecule has 0 atom stereocenters. The number of aromatic amines is 1. The summed E-state index contributed by atoms with van der Waals surface area (Å²) in [5.74, 6) is 0.419. The summed E-state index contributed by atoms with van der Waals surface area (Å²) in [5, 5.41) is 2.74. The highest BCUT2D eigenvalue weighted by Crippen LogP contribution is 2.22. The van der Waals surface area contributed by atoms with Crippen molar-refractivity contribution in [3.8, 4) is 11.4 Å². The number of hydrogen-bond donors (Lipinski definition) is 3. The van der Waals surface area contributed by atoms with E-state index in [1.54, 1.807) is 6.07 Å². The molecule has 2 aromatic carbocycles. The first-order valence-corrected chi connectivity index (χ1v) is 7.12. The molecule has 23 heavy (non-hydrogen) atoms. The van der Waals surface area contributed by atoms with Gasteiger partial charge < -0.3 is 16.0 Å². The third-order valence-electron chi connectivity index (χ3n) is 3.35. The van der Waals surface area contributed by atoms with Crippen LogP contribution in [0.4, 0.5) is 5.69 Å². The number of aromatic nitrogens is 2. The molecule has 0 aliphatic rings. The van der Waals surface area contributed by atoms with Crippen molar-refractivity contribution in [2.75, 3.05) is 5.32 Å². The Labute approximate surface area is 133 Å². The van der Waals surface area contributed by atoms with Gasteiger partial charge in [0.25, 0.3) is 5.91 Å². The number of nitrogens with two attached hydrogens (primary N) is 1. The minimum Gasteiger partial charge on any atom is -0.394 e. The van der Waals surface area contributed by atoms with Gasteiger partial charge in [0.15, 0.2) is 0 Å². The van der Waals surface area contributed by atoms with Gasteiger partial charge in [-0.05, 0) is 24.3 Å². The van der Waals surface area contributed by atoms with Gasteiger partial charge in [0.05, 0.1) is 16.7 Å². The lowest BCUT2D eigenvalue weighted by molar-refractivity contribution is -0.112. The zero-order chi connectivity index (χ0) is 16.2. The highest BCUT2D eigenvalue weighted by atomic mass is 16.2. The second-order valence-electron chi connectivity index (χ2n) is 5.00. The summed E-state index contributed by atoms with van der Waals surface area (Å²) >= 11 is 0. The van der Waals surface area contributed by atoms with Crippen molar-refractivity contribution in [3.63, 3.8) is 0 Å². The molecule has 114 valence electrons. The molecule has 1 amide bonds. The van der Waals surface area contributed by atoms with E-state index in [1.807, 2.05) is 42.5 Å². The molecule has 1 aromatic heterocycles. The lowest BCUT2D eigenvalue weighted by Gasteiger charge is -2.04. The Bertz CT molecular complexity index is 894. The third kappa shape index (κ3) is 3.13. The molecule has 4 N–H and O–H groups in total. The lowest BCUT2D eigenvalue weighted by atomic mass is 10.2. The van der Waals surface area contributed by atoms with Crippen molar-refractivity contribution >= 4 is 22.6 Å². The van der Waals surface area contributed by atoms with Crippen LogP contribution in [0.25, 0.3) is 22.4 Å². The fourth-order valence-corrected chi connectivity index (χ4v) is 2.23. The molecule has 5 nitrogen and oxygen atoms in total. The highest BCUT2D eigenvalue weighted by Gasteiger charge is 2.08. The molecule has 3 rings (SSSR count). The summed E-state index contributed by atoms with van der Waals surface area (Å²) in [5.41, 5.74) is 9.05. The number of nitrogens with one attached hydrogen (secondary N) is 2. The molecule has 0 aliphatic carbocycles. The number of carbonyl (C=O) groups excluding carboxylic acids is 1. The first kappa shape index (κ1) is 14.6. The average molecular weight is 304 g/mol. The van der Waals surface area contributed by atoms with Crippen molar-refractivity contribution in [3.05, 3.63) is 73.0 Å². The molecule has 0 saturated carbocycles. The minimum atomic E-state index is -0.368. The van der Waals surface area contributed by atoms with Gasteiger partial charge in [-0.2, -0.15) is 0 Å². The molecule has 0 aliphatic heterocycles. The normalized spacial score (nSPS) is 11.4. The number of allylic oxidation sites excluding steroid dienone is 2. The largest absolute Gasteiger partial charge is 0.394 e. The highest BCUT2D eigenvalue weighted by molar-refractivity contribution is 6.04. The predicted molar refractivity (Wildman–Crippen MR) is 92.6 cm³/mol. The summed E-state index contributed by atoms with van der Waals surface area (Å²) in [4.78, 5) is 19.7. The monoisotopic (exact) mass is 304 g/mol. The van der Waals surface area contributed by atoms with Crippen molar-refractivity contribution in [1.82, 2.24) is 9.97 Å². The summed E-state index contributed by atoms with van der Waals surface area (Å²) in [6.07, 6.45) is 2.93. The molecule has 0 fully saturated rings. The van der Waals surface area contributed by atoms with E-state index in [-0.39, 0.29) is 11.6 Å². The topological polar surface area (TPSA) is 83.8 Å². The molecular formula is C18H16N4O. The van der Waals surface area contributed by atoms with Gasteiger partial charge in [-0.15, -0.1) is 0 Å². The van der Waals surface area contributed by atoms with Crippen molar-refractivity contribution in [1.29, 1.82) is 0 Å². The standard InChI is InChI=1S/C18H16N4O/c1-2-6-14(19)18(23)20-13-9-10-15-16(11-13)22-17(21-15)12-7-4-3-5-8-12/h2-11H,1,19H2,(H,20,23)(H,21,22)/b14-6-. The molecule has 0 saturated heterocycles. The number of hydrogen-bond acceptors (Lipinski definition) is 3. The van der Waals surface area contributed by atoms with Crippen LogP contribution in [0.3, 0.4) is 0 Å². The fraction of sp³-hybridized carbons (Fsp3) is 0. The van der Waals surface area contributed by atoms with Gasteiger partial charge in [0.1, 0.15) is 5.82 Å². The van der Waals surface area contributed by atoms with E-state index in [9.17, 15) is 4.79 Å². The fourth-order valence-electron chi connectivity index (χ4n) is 2.23. The second kappa shape index (κ2) is 6.19. The zero-order valence-electron chi connectivity index (χ0n) is 12.4. The molecule has 3 aromatic rings. The van der Waals surface area contributed by atoms with E-state index >= 15 is 0 Å². The summed E-state index contributed by atoms with van der Waals surface area (Å²) in [6.45, 7) is 3.51. The Kier molecular flexibility index (Phi) is 3.93. The quantitative estimate of drug-likeness (QED) is 0.511. The van der Waals surface area contributed by atoms with Gasteiger partial charge >= 0.3 is 0 Å². The SMILES string of the molecule is C=C/C=C(\N)C(=O)Nc1ccc2nc(-c3ccccc3)[nH]c2c1. The summed E-state index contributed by atoms with van der Waals surface area (Å²) in [6, 6.07) is 15.3. The predicted octanol–water partition coefficient (Wildman–Crippen LogP) is 3.20. The van der Waals surface area contributed by atoms with Crippen LogP contribution >= 0.6 is 0 Å². The first-order valence-electron chi connectivity index (χ1n) is 7.12. The maximum atomic E-state index is 11.9. The van der Waals surface area contributed by atoms with E-state index in [4.69, 9.17) is 5.73 Å². The van der Waals surface area contributed by atoms with Crippen molar-refractivity contribution < 1.29 is 4.79 Å². The van der Waals surface area contributed by atoms with Gasteiger partial charge in [0, 0.05) is 11.3 Å². The van der Waals surface area contributed by atoms with Crippen LogP contribution in [0.5, 0.6) is 0 Å². The van der Waals surface area contributed by atoms with E-state index < -0.39 is 0 Å². The van der Waals surface area contributed by atoms with Crippen LogP contribution in [-0.2, 0) is 4.79 Å². The molecule has 1 heterocycles. The number of rotatable bonds is 4. The maximum Gasteiger partial charge on any atom is 0.271 e. The number of carbonyl (C=O) groups is 1. The summed E-state index contributed by atoms with van der Waals surface area (Å²) < 4.78 is 0. The van der Waals surface area contributed by atoms with Crippen molar-refractivity contribution in [2.45, 2.75) is 0 Å². The Morgan fingerprint density at radius 2 is 2.00 bits per heavy atom. The lowest BCUT2D eigenvalue weighted by Crippen LogP contribution is -2.19. The van der Waals surface area contributed by atoms with Crippen LogP contribution in [0.15, 0.2) is 73.0 Å². The zero-order valence-corrected chi connectivity index (χ0v) is 12.4. The third-order valence-corrected chi connectivity index (χ3v) is 3.35. The molecule has 0 unspecified atom stereocenters. The Balaban J connectivity index is 1.89. The number of anilines is 1. The van der Waals surface area contributed by atoms with Crippen LogP contribution in [0, 0.1) is 0 Å². The van der Waals surface area contributed by atoms with Crippen LogP contribution in [0.2, 0.25) is 0 Å². The molecule has 0 bridgehead atoms. The second-order valence-corrected chi connectivity index (χ2v) is 5.00. The van der Waals surface area contributed by atoms with Gasteiger partial charge in [-0.3, -0.25) is 4.79 Å². The summed E-state index contributed by atoms with van der Waals surface area (Å²) in [7, 11) is 0. The number of H-pyrrole nitrogens is 1. The number of benzene rings is 2. The first-order chi connectivity index (χ1) is 11.2. The van der Waals surface area contributed by atoms with Gasteiger partial charge in [0.2, 0.25) is 0 Å². The number of imidazole rings is 1. The Hall–Kier alpha value is -3.34. The minimum absolute atomic E-state index is 0.106. The molecule has 0 spiro atoms. The van der Waals surface area contributed by atoms with Crippen LogP contribution < -0.4 is 11.1 Å². The molecular weight excluding hydrogens is 288 g/mol. The van der Waals surface area contributed by atoms with Crippen molar-refractivity contribution in [2.24, 2.45) is 5.73 Å². The van der Waals surface area contributed by atoms with Crippen LogP contribution in [0.1, 0.15) is 0 Å². The number of nitrogens with zero attached hydrogens (tertiary/aromatic N) is 1. The average Bonchev–Trinajstić information content (AvgIpc) is 2.99. The Morgan fingerprint density at radius 3 is 2.74 bits per heavy atom. The van der Waals surface area contributed by atoms with E-state index in [0.29, 0.717) is 5.69 Å². The smallest absolute Gasteiger partial charge is 0.271 e. The Morgan fingerprint density at radius 1 is 1.22 bits per heavy atom. The van der Waals surface area contributed by atoms with E-state index in [0.717, 1.165) is 22.4 Å². The van der Waals surface area contributed by atoms with Gasteiger partial charge in [-0.1, -0.05) is 43.0 Å². The molecule has 0 radical (unpaired) electrons. The van der Waals surface area contributed by atoms with E-state index in [1.165, 1.54) is 12.2 Å². The van der Waals surface area contributed by atoms with Gasteiger partial charge in [-0.25, -0.2) is 4.98 Å². The number of amides is 1.